The molecule has 1 aromatic carbocycles. The molecular weight excluding hydrogens is 181 g/mol. The van der Waals surface area contributed by atoms with Gasteiger partial charge in [0.15, 0.2) is 0 Å². The van der Waals surface area contributed by atoms with E-state index in [9.17, 15) is 4.39 Å². The molecule has 0 saturated heterocycles. The summed E-state index contributed by atoms with van der Waals surface area (Å²) in [6, 6.07) is 4.34. The number of aromatic nitrogens is 1. The van der Waals surface area contributed by atoms with Crippen molar-refractivity contribution in [1.82, 2.24) is 4.98 Å². The molecule has 0 bridgehead atoms. The predicted molar refractivity (Wildman–Crippen MR) is 52.7 cm³/mol. The minimum Gasteiger partial charge on any atom is -0.384 e. The summed E-state index contributed by atoms with van der Waals surface area (Å²) >= 11 is 0. The van der Waals surface area contributed by atoms with Gasteiger partial charge < -0.3 is 5.73 Å². The summed E-state index contributed by atoms with van der Waals surface area (Å²) in [6.07, 6.45) is 3.14. The Balaban J connectivity index is 2.87. The van der Waals surface area contributed by atoms with Crippen molar-refractivity contribution >= 4 is 16.6 Å². The van der Waals surface area contributed by atoms with Crippen molar-refractivity contribution in [3.05, 3.63) is 42.0 Å². The maximum Gasteiger partial charge on any atom is 0.124 e. The molecule has 3 N–H and O–H groups in total. The van der Waals surface area contributed by atoms with Crippen molar-refractivity contribution < 1.29 is 4.39 Å². The van der Waals surface area contributed by atoms with Crippen LogP contribution in [0.25, 0.3) is 10.8 Å². The number of rotatable bonds is 1. The van der Waals surface area contributed by atoms with Gasteiger partial charge in [-0.3, -0.25) is 10.4 Å². The van der Waals surface area contributed by atoms with E-state index in [0.717, 1.165) is 5.39 Å². The molecule has 4 heteroatoms. The molecule has 0 fully saturated rings. The van der Waals surface area contributed by atoms with Gasteiger partial charge in [-0.2, -0.15) is 0 Å². The van der Waals surface area contributed by atoms with Crippen LogP contribution in [0.5, 0.6) is 0 Å². The highest BCUT2D eigenvalue weighted by molar-refractivity contribution is 6.07. The summed E-state index contributed by atoms with van der Waals surface area (Å²) in [4.78, 5) is 3.88. The number of halogens is 1. The van der Waals surface area contributed by atoms with Crippen LogP contribution in [-0.4, -0.2) is 10.8 Å². The number of nitrogens with two attached hydrogens (primary N) is 1. The first-order valence-electron chi connectivity index (χ1n) is 4.06. The maximum atomic E-state index is 13.1. The molecular formula is C10H8FN3. The lowest BCUT2D eigenvalue weighted by Gasteiger charge is -2.04. The molecule has 2 aromatic rings. The van der Waals surface area contributed by atoms with Crippen molar-refractivity contribution in [2.75, 3.05) is 0 Å². The molecule has 1 heterocycles. The molecule has 1 aromatic heterocycles. The molecule has 0 aliphatic carbocycles. The number of hydrogen-bond acceptors (Lipinski definition) is 2. The van der Waals surface area contributed by atoms with Gasteiger partial charge in [0, 0.05) is 23.3 Å². The minimum atomic E-state index is -0.407. The number of nitrogens with one attached hydrogen (secondary N) is 1. The third-order valence-corrected chi connectivity index (χ3v) is 2.01. The fourth-order valence-electron chi connectivity index (χ4n) is 1.40. The molecule has 14 heavy (non-hydrogen) atoms. The molecule has 70 valence electrons. The Morgan fingerprint density at radius 1 is 1.43 bits per heavy atom. The number of hydrogen-bond donors (Lipinski definition) is 2. The number of nitrogen functional groups attached to an aromatic ring is 1. The van der Waals surface area contributed by atoms with Gasteiger partial charge in [0.2, 0.25) is 0 Å². The van der Waals surface area contributed by atoms with E-state index in [1.54, 1.807) is 18.5 Å². The van der Waals surface area contributed by atoms with Crippen LogP contribution in [0.2, 0.25) is 0 Å². The highest BCUT2D eigenvalue weighted by atomic mass is 19.1. The first kappa shape index (κ1) is 8.62. The lowest BCUT2D eigenvalue weighted by atomic mass is 10.1. The zero-order valence-corrected chi connectivity index (χ0v) is 7.29. The smallest absolute Gasteiger partial charge is 0.124 e. The molecule has 2 rings (SSSR count). The molecule has 0 saturated carbocycles. The molecule has 0 unspecified atom stereocenters. The van der Waals surface area contributed by atoms with Crippen LogP contribution in [0.15, 0.2) is 30.6 Å². The van der Waals surface area contributed by atoms with E-state index in [4.69, 9.17) is 11.1 Å². The van der Waals surface area contributed by atoms with Gasteiger partial charge in [-0.15, -0.1) is 0 Å². The average Bonchev–Trinajstić information content (AvgIpc) is 2.16. The van der Waals surface area contributed by atoms with Crippen LogP contribution in [0.4, 0.5) is 4.39 Å². The summed E-state index contributed by atoms with van der Waals surface area (Å²) in [5, 5.41) is 8.70. The third-order valence-electron chi connectivity index (χ3n) is 2.01. The third kappa shape index (κ3) is 1.31. The second-order valence-corrected chi connectivity index (χ2v) is 2.96. The van der Waals surface area contributed by atoms with Gasteiger partial charge in [0.05, 0.1) is 0 Å². The van der Waals surface area contributed by atoms with Crippen LogP contribution >= 0.6 is 0 Å². The summed E-state index contributed by atoms with van der Waals surface area (Å²) in [5.41, 5.74) is 5.75. The predicted octanol–water partition coefficient (Wildman–Crippen LogP) is 1.66. The average molecular weight is 189 g/mol. The van der Waals surface area contributed by atoms with Gasteiger partial charge in [-0.1, -0.05) is 0 Å². The first-order chi connectivity index (χ1) is 6.68. The Morgan fingerprint density at radius 3 is 2.93 bits per heavy atom. The van der Waals surface area contributed by atoms with Crippen LogP contribution in [0.1, 0.15) is 5.56 Å². The normalized spacial score (nSPS) is 10.4. The standard InChI is InChI=1S/C10H8FN3/c11-7-3-6-5-14-2-1-8(6)9(4-7)10(12)13/h1-5H,(H3,12,13). The molecule has 0 amide bonds. The molecule has 0 radical (unpaired) electrons. The van der Waals surface area contributed by atoms with Crippen molar-refractivity contribution in [3.63, 3.8) is 0 Å². The molecule has 0 aliphatic heterocycles. The van der Waals surface area contributed by atoms with Gasteiger partial charge >= 0.3 is 0 Å². The number of benzene rings is 1. The van der Waals surface area contributed by atoms with Gasteiger partial charge in [0.1, 0.15) is 11.7 Å². The van der Waals surface area contributed by atoms with Crippen LogP contribution in [0.3, 0.4) is 0 Å². The fraction of sp³-hybridized carbons (Fsp3) is 0. The zero-order chi connectivity index (χ0) is 10.1. The van der Waals surface area contributed by atoms with Crippen LogP contribution < -0.4 is 5.73 Å². The molecule has 3 nitrogen and oxygen atoms in total. The highest BCUT2D eigenvalue weighted by Crippen LogP contribution is 2.18. The van der Waals surface area contributed by atoms with Crippen molar-refractivity contribution in [2.24, 2.45) is 5.73 Å². The Labute approximate surface area is 79.9 Å². The second-order valence-electron chi connectivity index (χ2n) is 2.96. The summed E-state index contributed by atoms with van der Waals surface area (Å²) < 4.78 is 13.1. The summed E-state index contributed by atoms with van der Waals surface area (Å²) in [6.45, 7) is 0. The van der Waals surface area contributed by atoms with Gasteiger partial charge in [-0.05, 0) is 23.6 Å². The molecule has 0 atom stereocenters. The van der Waals surface area contributed by atoms with Crippen molar-refractivity contribution in [3.8, 4) is 0 Å². The number of fused-ring (bicyclic) bond motifs is 1. The van der Waals surface area contributed by atoms with E-state index < -0.39 is 5.82 Å². The largest absolute Gasteiger partial charge is 0.384 e. The number of nitrogens with zero attached hydrogens (tertiary/aromatic N) is 1. The summed E-state index contributed by atoms with van der Waals surface area (Å²) in [5.74, 6) is -0.545. The van der Waals surface area contributed by atoms with Gasteiger partial charge in [0.25, 0.3) is 0 Å². The topological polar surface area (TPSA) is 62.8 Å². The Bertz CT molecular complexity index is 508. The van der Waals surface area contributed by atoms with E-state index in [0.29, 0.717) is 10.9 Å². The lowest BCUT2D eigenvalue weighted by molar-refractivity contribution is 0.629. The molecule has 0 aliphatic rings. The first-order valence-corrected chi connectivity index (χ1v) is 4.06. The zero-order valence-electron chi connectivity index (χ0n) is 7.29. The van der Waals surface area contributed by atoms with E-state index in [1.165, 1.54) is 12.1 Å². The van der Waals surface area contributed by atoms with E-state index in [-0.39, 0.29) is 5.84 Å². The van der Waals surface area contributed by atoms with Crippen molar-refractivity contribution in [1.29, 1.82) is 5.41 Å². The quantitative estimate of drug-likeness (QED) is 0.529. The second kappa shape index (κ2) is 3.06. The number of amidine groups is 1. The summed E-state index contributed by atoms with van der Waals surface area (Å²) in [7, 11) is 0. The minimum absolute atomic E-state index is 0.138. The maximum absolute atomic E-state index is 13.1. The Morgan fingerprint density at radius 2 is 2.21 bits per heavy atom. The monoisotopic (exact) mass is 189 g/mol. The van der Waals surface area contributed by atoms with E-state index >= 15 is 0 Å². The van der Waals surface area contributed by atoms with Crippen molar-refractivity contribution in [2.45, 2.75) is 0 Å². The lowest BCUT2D eigenvalue weighted by Crippen LogP contribution is -2.11. The Kier molecular flexibility index (Phi) is 1.89. The van der Waals surface area contributed by atoms with Crippen LogP contribution in [-0.2, 0) is 0 Å². The Hall–Kier alpha value is -1.97. The van der Waals surface area contributed by atoms with Crippen LogP contribution in [0, 0.1) is 11.2 Å². The SMILES string of the molecule is N=C(N)c1cc(F)cc2cnccc12. The molecule has 0 spiro atoms. The number of pyridine rings is 1. The van der Waals surface area contributed by atoms with Gasteiger partial charge in [-0.25, -0.2) is 4.39 Å². The fourth-order valence-corrected chi connectivity index (χ4v) is 1.40. The highest BCUT2D eigenvalue weighted by Gasteiger charge is 2.05. The van der Waals surface area contributed by atoms with E-state index in [1.807, 2.05) is 0 Å². The van der Waals surface area contributed by atoms with E-state index in [2.05, 4.69) is 4.98 Å².